The summed E-state index contributed by atoms with van der Waals surface area (Å²) in [6.07, 6.45) is 0.538. The van der Waals surface area contributed by atoms with Crippen molar-refractivity contribution >= 4 is 33.2 Å². The first-order valence-corrected chi connectivity index (χ1v) is 7.99. The third-order valence-corrected chi connectivity index (χ3v) is 3.76. The number of anilines is 1. The highest BCUT2D eigenvalue weighted by atomic mass is 79.9. The van der Waals surface area contributed by atoms with Crippen molar-refractivity contribution in [2.45, 2.75) is 6.42 Å². The SMILES string of the molecule is O=C(NCCCNc1cccc(F)c1[N+](=O)[O-])c1ccc(Br)cc1. The Kier molecular flexibility index (Phi) is 6.25. The number of amides is 1. The molecule has 0 aliphatic rings. The van der Waals surface area contributed by atoms with Crippen LogP contribution in [0, 0.1) is 15.9 Å². The molecule has 0 aromatic heterocycles. The van der Waals surface area contributed by atoms with Crippen LogP contribution in [0.2, 0.25) is 0 Å². The molecule has 6 nitrogen and oxygen atoms in total. The van der Waals surface area contributed by atoms with Gasteiger partial charge in [-0.15, -0.1) is 0 Å². The molecule has 2 rings (SSSR count). The summed E-state index contributed by atoms with van der Waals surface area (Å²) >= 11 is 3.30. The first-order valence-electron chi connectivity index (χ1n) is 7.19. The molecular weight excluding hydrogens is 381 g/mol. The van der Waals surface area contributed by atoms with Crippen molar-refractivity contribution in [1.82, 2.24) is 5.32 Å². The van der Waals surface area contributed by atoms with Gasteiger partial charge in [-0.2, -0.15) is 4.39 Å². The maximum atomic E-state index is 13.5. The smallest absolute Gasteiger partial charge is 0.327 e. The van der Waals surface area contributed by atoms with E-state index in [1.165, 1.54) is 12.1 Å². The van der Waals surface area contributed by atoms with Crippen molar-refractivity contribution in [3.8, 4) is 0 Å². The molecule has 0 saturated heterocycles. The maximum Gasteiger partial charge on any atom is 0.327 e. The van der Waals surface area contributed by atoms with Gasteiger partial charge < -0.3 is 10.6 Å². The van der Waals surface area contributed by atoms with E-state index < -0.39 is 16.4 Å². The van der Waals surface area contributed by atoms with Crippen molar-refractivity contribution in [3.05, 3.63) is 68.4 Å². The average molecular weight is 396 g/mol. The summed E-state index contributed by atoms with van der Waals surface area (Å²) in [4.78, 5) is 22.0. The van der Waals surface area contributed by atoms with Crippen LogP contribution in [0.1, 0.15) is 16.8 Å². The first-order chi connectivity index (χ1) is 11.5. The number of carbonyl (C=O) groups excluding carboxylic acids is 1. The van der Waals surface area contributed by atoms with Crippen LogP contribution in [-0.2, 0) is 0 Å². The van der Waals surface area contributed by atoms with Gasteiger partial charge >= 0.3 is 5.69 Å². The number of carbonyl (C=O) groups is 1. The first kappa shape index (κ1) is 17.9. The van der Waals surface area contributed by atoms with Gasteiger partial charge in [-0.1, -0.05) is 22.0 Å². The van der Waals surface area contributed by atoms with Crippen LogP contribution in [0.25, 0.3) is 0 Å². The monoisotopic (exact) mass is 395 g/mol. The van der Waals surface area contributed by atoms with Gasteiger partial charge in [0, 0.05) is 23.1 Å². The van der Waals surface area contributed by atoms with E-state index in [1.807, 2.05) is 0 Å². The predicted octanol–water partition coefficient (Wildman–Crippen LogP) is 3.73. The van der Waals surface area contributed by atoms with Crippen LogP contribution < -0.4 is 10.6 Å². The minimum Gasteiger partial charge on any atom is -0.379 e. The maximum absolute atomic E-state index is 13.5. The highest BCUT2D eigenvalue weighted by molar-refractivity contribution is 9.10. The minimum absolute atomic E-state index is 0.124. The lowest BCUT2D eigenvalue weighted by molar-refractivity contribution is -0.386. The number of nitrogens with one attached hydrogen (secondary N) is 2. The molecule has 0 bridgehead atoms. The van der Waals surface area contributed by atoms with Crippen LogP contribution in [0.4, 0.5) is 15.8 Å². The van der Waals surface area contributed by atoms with Crippen LogP contribution >= 0.6 is 15.9 Å². The fraction of sp³-hybridized carbons (Fsp3) is 0.188. The molecule has 8 heteroatoms. The molecule has 126 valence electrons. The second kappa shape index (κ2) is 8.39. The van der Waals surface area contributed by atoms with Gasteiger partial charge in [0.2, 0.25) is 5.82 Å². The molecule has 0 heterocycles. The Morgan fingerprint density at radius 3 is 2.54 bits per heavy atom. The summed E-state index contributed by atoms with van der Waals surface area (Å²) < 4.78 is 14.3. The topological polar surface area (TPSA) is 84.3 Å². The molecule has 0 radical (unpaired) electrons. The Labute approximate surface area is 146 Å². The third kappa shape index (κ3) is 4.76. The Balaban J connectivity index is 1.80. The molecule has 0 atom stereocenters. The standard InChI is InChI=1S/C16H15BrFN3O3/c17-12-7-5-11(6-8-12)16(22)20-10-2-9-19-14-4-1-3-13(18)15(14)21(23)24/h1,3-8,19H,2,9-10H2,(H,20,22). The quantitative estimate of drug-likeness (QED) is 0.424. The highest BCUT2D eigenvalue weighted by Crippen LogP contribution is 2.26. The van der Waals surface area contributed by atoms with Crippen molar-refractivity contribution in [2.24, 2.45) is 0 Å². The van der Waals surface area contributed by atoms with E-state index in [0.717, 1.165) is 10.5 Å². The van der Waals surface area contributed by atoms with Crippen molar-refractivity contribution in [1.29, 1.82) is 0 Å². The van der Waals surface area contributed by atoms with Gasteiger partial charge in [0.1, 0.15) is 5.69 Å². The number of halogens is 2. The number of benzene rings is 2. The number of para-hydroxylation sites is 1. The number of hydrogen-bond acceptors (Lipinski definition) is 4. The van der Waals surface area contributed by atoms with E-state index >= 15 is 0 Å². The van der Waals surface area contributed by atoms with Gasteiger partial charge in [-0.05, 0) is 42.8 Å². The molecule has 2 N–H and O–H groups in total. The number of nitrogens with zero attached hydrogens (tertiary/aromatic N) is 1. The van der Waals surface area contributed by atoms with E-state index in [-0.39, 0.29) is 11.6 Å². The van der Waals surface area contributed by atoms with Gasteiger partial charge in [0.05, 0.1) is 4.92 Å². The van der Waals surface area contributed by atoms with Crippen LogP contribution in [0.3, 0.4) is 0 Å². The highest BCUT2D eigenvalue weighted by Gasteiger charge is 2.19. The van der Waals surface area contributed by atoms with Gasteiger partial charge in [0.25, 0.3) is 5.91 Å². The summed E-state index contributed by atoms with van der Waals surface area (Å²) in [5.74, 6) is -1.08. The van der Waals surface area contributed by atoms with Crippen LogP contribution in [0.5, 0.6) is 0 Å². The van der Waals surface area contributed by atoms with Crippen molar-refractivity contribution in [3.63, 3.8) is 0 Å². The number of nitro groups is 1. The molecular formula is C16H15BrFN3O3. The second-order valence-electron chi connectivity index (χ2n) is 4.94. The zero-order valence-electron chi connectivity index (χ0n) is 12.6. The summed E-state index contributed by atoms with van der Waals surface area (Å²) in [7, 11) is 0. The number of hydrogen-bond donors (Lipinski definition) is 2. The number of rotatable bonds is 7. The lowest BCUT2D eigenvalue weighted by Crippen LogP contribution is -2.25. The zero-order chi connectivity index (χ0) is 17.5. The molecule has 1 amide bonds. The fourth-order valence-corrected chi connectivity index (χ4v) is 2.32. The Morgan fingerprint density at radius 2 is 1.88 bits per heavy atom. The summed E-state index contributed by atoms with van der Waals surface area (Å²) in [5, 5.41) is 16.4. The molecule has 0 unspecified atom stereocenters. The molecule has 0 spiro atoms. The lowest BCUT2D eigenvalue weighted by atomic mass is 10.2. The molecule has 0 aliphatic heterocycles. The summed E-state index contributed by atoms with van der Waals surface area (Å²) in [6.45, 7) is 0.760. The lowest BCUT2D eigenvalue weighted by Gasteiger charge is -2.08. The molecule has 24 heavy (non-hydrogen) atoms. The van der Waals surface area contributed by atoms with E-state index in [9.17, 15) is 19.3 Å². The van der Waals surface area contributed by atoms with Gasteiger partial charge in [-0.25, -0.2) is 0 Å². The predicted molar refractivity (Wildman–Crippen MR) is 92.6 cm³/mol. The summed E-state index contributed by atoms with van der Waals surface area (Å²) in [5.41, 5.74) is 0.0996. The molecule has 2 aromatic rings. The molecule has 0 fully saturated rings. The second-order valence-corrected chi connectivity index (χ2v) is 5.85. The normalized spacial score (nSPS) is 10.2. The Morgan fingerprint density at radius 1 is 1.17 bits per heavy atom. The fourth-order valence-electron chi connectivity index (χ4n) is 2.06. The average Bonchev–Trinajstić information content (AvgIpc) is 2.54. The van der Waals surface area contributed by atoms with E-state index in [0.29, 0.717) is 25.1 Å². The molecule has 2 aromatic carbocycles. The third-order valence-electron chi connectivity index (χ3n) is 3.23. The van der Waals surface area contributed by atoms with Crippen molar-refractivity contribution < 1.29 is 14.1 Å². The van der Waals surface area contributed by atoms with E-state index in [1.54, 1.807) is 24.3 Å². The summed E-state index contributed by atoms with van der Waals surface area (Å²) in [6, 6.07) is 10.9. The van der Waals surface area contributed by atoms with Gasteiger partial charge in [0.15, 0.2) is 0 Å². The minimum atomic E-state index is -0.881. The Bertz CT molecular complexity index is 738. The molecule has 0 aliphatic carbocycles. The largest absolute Gasteiger partial charge is 0.379 e. The molecule has 0 saturated carbocycles. The van der Waals surface area contributed by atoms with Crippen LogP contribution in [0.15, 0.2) is 46.9 Å². The van der Waals surface area contributed by atoms with E-state index in [2.05, 4.69) is 26.6 Å². The van der Waals surface area contributed by atoms with Crippen molar-refractivity contribution in [2.75, 3.05) is 18.4 Å². The van der Waals surface area contributed by atoms with Gasteiger partial charge in [-0.3, -0.25) is 14.9 Å². The number of nitro benzene ring substituents is 1. The van der Waals surface area contributed by atoms with E-state index in [4.69, 9.17) is 0 Å². The van der Waals surface area contributed by atoms with Crippen LogP contribution in [-0.4, -0.2) is 23.9 Å². The Hall–Kier alpha value is -2.48. The zero-order valence-corrected chi connectivity index (χ0v) is 14.2.